The van der Waals surface area contributed by atoms with Crippen LogP contribution in [0.3, 0.4) is 0 Å². The molecule has 0 saturated carbocycles. The summed E-state index contributed by atoms with van der Waals surface area (Å²) in [6.07, 6.45) is 0. The van der Waals surface area contributed by atoms with Crippen molar-refractivity contribution in [2.45, 2.75) is 0 Å². The minimum absolute atomic E-state index is 0.417. The van der Waals surface area contributed by atoms with Crippen LogP contribution < -0.4 is 0 Å². The Morgan fingerprint density at radius 2 is 1.00 bits per heavy atom. The maximum Gasteiger partial charge on any atom is 0.577 e. The van der Waals surface area contributed by atoms with E-state index in [2.05, 4.69) is 0 Å². The summed E-state index contributed by atoms with van der Waals surface area (Å²) in [5.74, 6) is 1.26. The van der Waals surface area contributed by atoms with Crippen LogP contribution in [0.5, 0.6) is 0 Å². The summed E-state index contributed by atoms with van der Waals surface area (Å²) in [6, 6.07) is 0. The Morgan fingerprint density at radius 1 is 0.692 bits per heavy atom. The first-order valence-electron chi connectivity index (χ1n) is 3.78. The molecule has 0 aliphatic heterocycles. The maximum atomic E-state index is 5.44. The van der Waals surface area contributed by atoms with E-state index in [1.165, 1.54) is 0 Å². The largest absolute Gasteiger partial charge is 0.577 e. The third kappa shape index (κ3) is 9.28. The second-order valence-electron chi connectivity index (χ2n) is 1.86. The summed E-state index contributed by atoms with van der Waals surface area (Å²) in [6.45, 7) is 1.25. The lowest BCUT2D eigenvalue weighted by Gasteiger charge is -2.12. The lowest BCUT2D eigenvalue weighted by molar-refractivity contribution is 0.109. The minimum atomic E-state index is -1.69. The second kappa shape index (κ2) is 11.0. The van der Waals surface area contributed by atoms with Crippen molar-refractivity contribution in [3.05, 3.63) is 0 Å². The summed E-state index contributed by atoms with van der Waals surface area (Å²) in [7, 11) is -1.69. The van der Waals surface area contributed by atoms with E-state index in [1.807, 2.05) is 0 Å². The van der Waals surface area contributed by atoms with Crippen LogP contribution in [0, 0.1) is 0 Å². The number of hydrogen-bond donors (Lipinski definition) is 0. The van der Waals surface area contributed by atoms with E-state index >= 15 is 0 Å². The van der Waals surface area contributed by atoms with E-state index < -0.39 is 9.53 Å². The van der Waals surface area contributed by atoms with E-state index in [0.717, 1.165) is 0 Å². The zero-order valence-electron chi connectivity index (χ0n) is 7.10. The fraction of sp³-hybridized carbons (Fsp3) is 1.00. The zero-order chi connectivity index (χ0) is 9.94. The van der Waals surface area contributed by atoms with Gasteiger partial charge in [0.25, 0.3) is 0 Å². The molecule has 0 aromatic rings. The molecule has 0 fully saturated rings. The molecule has 0 aromatic heterocycles. The van der Waals surface area contributed by atoms with Crippen LogP contribution in [0.2, 0.25) is 0 Å². The zero-order valence-corrected chi connectivity index (χ0v) is 10.4. The average molecular weight is 267 g/mol. The van der Waals surface area contributed by atoms with Crippen molar-refractivity contribution in [1.29, 1.82) is 0 Å². The molecular weight excluding hydrogens is 255 g/mol. The Hall–Kier alpha value is 0.967. The molecule has 7 heteroatoms. The van der Waals surface area contributed by atoms with Gasteiger partial charge in [0.05, 0.1) is 19.8 Å². The number of halogens is 3. The van der Waals surface area contributed by atoms with Crippen molar-refractivity contribution in [2.24, 2.45) is 0 Å². The van der Waals surface area contributed by atoms with Gasteiger partial charge in [-0.1, -0.05) is 0 Å². The van der Waals surface area contributed by atoms with Gasteiger partial charge in [-0.05, 0) is 0 Å². The third-order valence-electron chi connectivity index (χ3n) is 0.891. The smallest absolute Gasteiger partial charge is 0.370 e. The van der Waals surface area contributed by atoms with Crippen LogP contribution in [0.15, 0.2) is 0 Å². The Kier molecular flexibility index (Phi) is 11.9. The molecule has 0 rings (SSSR count). The SMILES string of the molecule is ClCCO[Si](OCCCl)OCCCl. The van der Waals surface area contributed by atoms with Crippen LogP contribution in [-0.4, -0.2) is 47.0 Å². The molecule has 3 nitrogen and oxygen atoms in total. The molecule has 0 atom stereocenters. The molecule has 0 heterocycles. The van der Waals surface area contributed by atoms with Gasteiger partial charge in [0.2, 0.25) is 0 Å². The highest BCUT2D eigenvalue weighted by atomic mass is 35.5. The molecule has 79 valence electrons. The fourth-order valence-electron chi connectivity index (χ4n) is 0.491. The Balaban J connectivity index is 3.47. The first-order valence-corrected chi connectivity index (χ1v) is 6.61. The van der Waals surface area contributed by atoms with E-state index in [9.17, 15) is 0 Å². The van der Waals surface area contributed by atoms with Gasteiger partial charge in [0.1, 0.15) is 0 Å². The molecule has 0 unspecified atom stereocenters. The molecular formula is C6H12Cl3O3Si. The molecule has 0 aliphatic carbocycles. The van der Waals surface area contributed by atoms with Crippen molar-refractivity contribution in [3.63, 3.8) is 0 Å². The van der Waals surface area contributed by atoms with Crippen LogP contribution in [0.1, 0.15) is 0 Å². The van der Waals surface area contributed by atoms with Crippen LogP contribution in [0.4, 0.5) is 0 Å². The van der Waals surface area contributed by atoms with Crippen molar-refractivity contribution < 1.29 is 13.3 Å². The predicted molar refractivity (Wildman–Crippen MR) is 55.8 cm³/mol. The highest BCUT2D eigenvalue weighted by molar-refractivity contribution is 6.36. The van der Waals surface area contributed by atoms with Gasteiger partial charge in [-0.25, -0.2) is 0 Å². The van der Waals surface area contributed by atoms with Gasteiger partial charge in [-0.2, -0.15) is 0 Å². The predicted octanol–water partition coefficient (Wildman–Crippen LogP) is 1.74. The summed E-state index contributed by atoms with van der Waals surface area (Å²) >= 11 is 16.3. The monoisotopic (exact) mass is 265 g/mol. The normalized spacial score (nSPS) is 11.1. The Bertz CT molecular complexity index is 90.1. The van der Waals surface area contributed by atoms with Crippen molar-refractivity contribution in [2.75, 3.05) is 37.5 Å². The minimum Gasteiger partial charge on any atom is -0.370 e. The number of rotatable bonds is 9. The standard InChI is InChI=1S/C6H12Cl3O3Si/c7-1-4-10-13(11-5-2-8)12-6-3-9/h1-6H2. The molecule has 0 aromatic carbocycles. The first kappa shape index (κ1) is 14.0. The lowest BCUT2D eigenvalue weighted by Crippen LogP contribution is -2.29. The van der Waals surface area contributed by atoms with Gasteiger partial charge >= 0.3 is 9.53 Å². The van der Waals surface area contributed by atoms with E-state index in [-0.39, 0.29) is 0 Å². The molecule has 0 amide bonds. The number of alkyl halides is 3. The Labute approximate surface area is 95.2 Å². The highest BCUT2D eigenvalue weighted by Gasteiger charge is 2.18. The molecule has 0 saturated heterocycles. The van der Waals surface area contributed by atoms with Gasteiger partial charge in [-0.15, -0.1) is 34.8 Å². The summed E-state index contributed by atoms with van der Waals surface area (Å²) in [4.78, 5) is 0. The molecule has 0 N–H and O–H groups in total. The van der Waals surface area contributed by atoms with Gasteiger partial charge in [-0.3, -0.25) is 0 Å². The van der Waals surface area contributed by atoms with Crippen molar-refractivity contribution in [3.8, 4) is 0 Å². The van der Waals surface area contributed by atoms with E-state index in [0.29, 0.717) is 37.5 Å². The number of hydrogen-bond acceptors (Lipinski definition) is 3. The lowest BCUT2D eigenvalue weighted by atomic mass is 10.9. The average Bonchev–Trinajstić information content (AvgIpc) is 2.17. The second-order valence-corrected chi connectivity index (χ2v) is 4.36. The Morgan fingerprint density at radius 3 is 1.23 bits per heavy atom. The summed E-state index contributed by atoms with van der Waals surface area (Å²) in [5, 5.41) is 0. The third-order valence-corrected chi connectivity index (χ3v) is 2.67. The van der Waals surface area contributed by atoms with E-state index in [4.69, 9.17) is 48.1 Å². The quantitative estimate of drug-likeness (QED) is 0.470. The van der Waals surface area contributed by atoms with Crippen LogP contribution in [0.25, 0.3) is 0 Å². The first-order chi connectivity index (χ1) is 6.35. The van der Waals surface area contributed by atoms with Gasteiger partial charge < -0.3 is 13.3 Å². The van der Waals surface area contributed by atoms with Crippen LogP contribution in [-0.2, 0) is 13.3 Å². The molecule has 13 heavy (non-hydrogen) atoms. The van der Waals surface area contributed by atoms with Crippen molar-refractivity contribution >= 4 is 44.3 Å². The summed E-state index contributed by atoms with van der Waals surface area (Å²) < 4.78 is 15.6. The van der Waals surface area contributed by atoms with Crippen molar-refractivity contribution in [1.82, 2.24) is 0 Å². The van der Waals surface area contributed by atoms with Crippen LogP contribution >= 0.6 is 34.8 Å². The highest BCUT2D eigenvalue weighted by Crippen LogP contribution is 1.95. The van der Waals surface area contributed by atoms with Gasteiger partial charge in [0, 0.05) is 17.6 Å². The van der Waals surface area contributed by atoms with Gasteiger partial charge in [0.15, 0.2) is 0 Å². The van der Waals surface area contributed by atoms with E-state index in [1.54, 1.807) is 0 Å². The molecule has 0 spiro atoms. The molecule has 1 radical (unpaired) electrons. The topological polar surface area (TPSA) is 27.7 Å². The molecule has 0 aliphatic rings. The fourth-order valence-corrected chi connectivity index (χ4v) is 2.17. The summed E-state index contributed by atoms with van der Waals surface area (Å²) in [5.41, 5.74) is 0. The molecule has 0 bridgehead atoms. The maximum absolute atomic E-state index is 5.44.